The van der Waals surface area contributed by atoms with Crippen LogP contribution in [0.3, 0.4) is 0 Å². The van der Waals surface area contributed by atoms with E-state index < -0.39 is 0 Å². The van der Waals surface area contributed by atoms with E-state index in [9.17, 15) is 0 Å². The second-order valence-electron chi connectivity index (χ2n) is 3.81. The third-order valence-electron chi connectivity index (χ3n) is 2.83. The highest BCUT2D eigenvalue weighted by Gasteiger charge is 2.33. The summed E-state index contributed by atoms with van der Waals surface area (Å²) in [6.07, 6.45) is 7.68. The number of ether oxygens (including phenoxy) is 1. The van der Waals surface area contributed by atoms with Crippen LogP contribution in [-0.2, 0) is 5.54 Å². The molecule has 4 nitrogen and oxygen atoms in total. The largest absolute Gasteiger partial charge is 0.480 e. The van der Waals surface area contributed by atoms with Gasteiger partial charge >= 0.3 is 0 Å². The van der Waals surface area contributed by atoms with Crippen molar-refractivity contribution in [1.82, 2.24) is 9.97 Å². The Morgan fingerprint density at radius 2 is 2.07 bits per heavy atom. The van der Waals surface area contributed by atoms with Crippen molar-refractivity contribution in [3.05, 3.63) is 18.1 Å². The lowest BCUT2D eigenvalue weighted by Crippen LogP contribution is -2.34. The van der Waals surface area contributed by atoms with Crippen LogP contribution in [0.2, 0.25) is 0 Å². The fraction of sp³-hybridized carbons (Fsp3) is 0.600. The Hall–Kier alpha value is -1.16. The number of nitrogens with zero attached hydrogens (tertiary/aromatic N) is 2. The van der Waals surface area contributed by atoms with Gasteiger partial charge in [0, 0.05) is 0 Å². The minimum absolute atomic E-state index is 0.276. The van der Waals surface area contributed by atoms with Gasteiger partial charge in [-0.1, -0.05) is 12.8 Å². The number of rotatable bonds is 2. The Morgan fingerprint density at radius 1 is 1.36 bits per heavy atom. The van der Waals surface area contributed by atoms with Crippen molar-refractivity contribution in [2.75, 3.05) is 7.11 Å². The summed E-state index contributed by atoms with van der Waals surface area (Å²) in [5, 5.41) is 0. The van der Waals surface area contributed by atoms with Gasteiger partial charge in [0.25, 0.3) is 0 Å². The van der Waals surface area contributed by atoms with E-state index in [2.05, 4.69) is 9.97 Å². The number of hydrogen-bond donors (Lipinski definition) is 1. The molecule has 0 saturated heterocycles. The quantitative estimate of drug-likeness (QED) is 0.767. The van der Waals surface area contributed by atoms with E-state index in [1.807, 2.05) is 0 Å². The Kier molecular flexibility index (Phi) is 2.37. The van der Waals surface area contributed by atoms with Gasteiger partial charge < -0.3 is 10.5 Å². The van der Waals surface area contributed by atoms with E-state index in [0.717, 1.165) is 18.5 Å². The van der Waals surface area contributed by atoms with Gasteiger partial charge in [0.15, 0.2) is 0 Å². The zero-order chi connectivity index (χ0) is 10.0. The maximum absolute atomic E-state index is 6.25. The molecule has 0 amide bonds. The van der Waals surface area contributed by atoms with E-state index in [1.165, 1.54) is 12.8 Å². The molecule has 76 valence electrons. The smallest absolute Gasteiger partial charge is 0.232 e. The molecule has 1 aliphatic carbocycles. The van der Waals surface area contributed by atoms with Crippen molar-refractivity contribution in [1.29, 1.82) is 0 Å². The maximum atomic E-state index is 6.25. The molecule has 1 aliphatic rings. The van der Waals surface area contributed by atoms with Crippen LogP contribution in [0.5, 0.6) is 5.88 Å². The van der Waals surface area contributed by atoms with Crippen LogP contribution in [0.1, 0.15) is 31.4 Å². The number of aromatic nitrogens is 2. The van der Waals surface area contributed by atoms with Gasteiger partial charge in [-0.15, -0.1) is 0 Å². The van der Waals surface area contributed by atoms with Crippen LogP contribution in [0.4, 0.5) is 0 Å². The normalized spacial score (nSPS) is 19.6. The summed E-state index contributed by atoms with van der Waals surface area (Å²) in [5.74, 6) is 0.541. The van der Waals surface area contributed by atoms with E-state index in [0.29, 0.717) is 5.88 Å². The van der Waals surface area contributed by atoms with Crippen LogP contribution in [0.15, 0.2) is 12.4 Å². The molecule has 2 rings (SSSR count). The molecule has 0 atom stereocenters. The lowest BCUT2D eigenvalue weighted by Gasteiger charge is -2.22. The fourth-order valence-electron chi connectivity index (χ4n) is 1.95. The predicted molar refractivity (Wildman–Crippen MR) is 52.9 cm³/mol. The summed E-state index contributed by atoms with van der Waals surface area (Å²) < 4.78 is 5.03. The number of hydrogen-bond acceptors (Lipinski definition) is 4. The van der Waals surface area contributed by atoms with E-state index in [4.69, 9.17) is 10.5 Å². The fourth-order valence-corrected chi connectivity index (χ4v) is 1.95. The Labute approximate surface area is 83.5 Å². The molecule has 1 fully saturated rings. The van der Waals surface area contributed by atoms with Gasteiger partial charge in [-0.3, -0.25) is 4.98 Å². The van der Waals surface area contributed by atoms with Crippen molar-refractivity contribution in [3.63, 3.8) is 0 Å². The molecule has 0 spiro atoms. The molecular weight excluding hydrogens is 178 g/mol. The van der Waals surface area contributed by atoms with Crippen molar-refractivity contribution < 1.29 is 4.74 Å². The van der Waals surface area contributed by atoms with Gasteiger partial charge in [0.2, 0.25) is 5.88 Å². The molecule has 0 aromatic carbocycles. The molecule has 4 heteroatoms. The monoisotopic (exact) mass is 193 g/mol. The van der Waals surface area contributed by atoms with Crippen molar-refractivity contribution in [2.45, 2.75) is 31.2 Å². The molecule has 0 radical (unpaired) electrons. The average Bonchev–Trinajstić information content (AvgIpc) is 2.67. The summed E-state index contributed by atoms with van der Waals surface area (Å²) in [6, 6.07) is 0. The molecule has 0 bridgehead atoms. The summed E-state index contributed by atoms with van der Waals surface area (Å²) in [4.78, 5) is 8.41. The van der Waals surface area contributed by atoms with Crippen molar-refractivity contribution in [2.24, 2.45) is 5.73 Å². The number of nitrogens with two attached hydrogens (primary N) is 1. The Balaban J connectivity index is 2.30. The highest BCUT2D eigenvalue weighted by atomic mass is 16.5. The summed E-state index contributed by atoms with van der Waals surface area (Å²) in [5.41, 5.74) is 6.83. The molecule has 0 unspecified atom stereocenters. The Bertz CT molecular complexity index is 321. The lowest BCUT2D eigenvalue weighted by atomic mass is 9.95. The van der Waals surface area contributed by atoms with Crippen molar-refractivity contribution >= 4 is 0 Å². The van der Waals surface area contributed by atoms with E-state index in [-0.39, 0.29) is 5.54 Å². The highest BCUT2D eigenvalue weighted by molar-refractivity contribution is 5.17. The predicted octanol–water partition coefficient (Wildman–Crippen LogP) is 1.21. The summed E-state index contributed by atoms with van der Waals surface area (Å²) >= 11 is 0. The number of methoxy groups -OCH3 is 1. The topological polar surface area (TPSA) is 61.0 Å². The molecule has 1 aromatic rings. The van der Waals surface area contributed by atoms with Crippen LogP contribution < -0.4 is 10.5 Å². The minimum Gasteiger partial charge on any atom is -0.480 e. The maximum Gasteiger partial charge on any atom is 0.232 e. The molecule has 1 heterocycles. The summed E-state index contributed by atoms with van der Waals surface area (Å²) in [6.45, 7) is 0. The Morgan fingerprint density at radius 3 is 2.71 bits per heavy atom. The van der Waals surface area contributed by atoms with Gasteiger partial charge in [-0.25, -0.2) is 4.98 Å². The molecule has 2 N–H and O–H groups in total. The van der Waals surface area contributed by atoms with Gasteiger partial charge in [-0.2, -0.15) is 0 Å². The first-order chi connectivity index (χ1) is 6.74. The zero-order valence-electron chi connectivity index (χ0n) is 8.36. The molecule has 1 aromatic heterocycles. The van der Waals surface area contributed by atoms with Crippen molar-refractivity contribution in [3.8, 4) is 5.88 Å². The van der Waals surface area contributed by atoms with Crippen LogP contribution in [0, 0.1) is 0 Å². The van der Waals surface area contributed by atoms with Crippen LogP contribution >= 0.6 is 0 Å². The van der Waals surface area contributed by atoms with Crippen LogP contribution in [0.25, 0.3) is 0 Å². The standard InChI is InChI=1S/C10H15N3O/c1-14-9-7-12-6-8(13-9)10(11)4-2-3-5-10/h6-7H,2-5,11H2,1H3. The van der Waals surface area contributed by atoms with E-state index >= 15 is 0 Å². The van der Waals surface area contributed by atoms with E-state index in [1.54, 1.807) is 19.5 Å². The third kappa shape index (κ3) is 1.57. The lowest BCUT2D eigenvalue weighted by molar-refractivity contribution is 0.380. The summed E-state index contributed by atoms with van der Waals surface area (Å²) in [7, 11) is 1.59. The second kappa shape index (κ2) is 3.53. The first-order valence-electron chi connectivity index (χ1n) is 4.90. The van der Waals surface area contributed by atoms with Gasteiger partial charge in [0.1, 0.15) is 0 Å². The zero-order valence-corrected chi connectivity index (χ0v) is 8.36. The molecule has 1 saturated carbocycles. The molecule has 14 heavy (non-hydrogen) atoms. The van der Waals surface area contributed by atoms with Gasteiger partial charge in [-0.05, 0) is 12.8 Å². The average molecular weight is 193 g/mol. The highest BCUT2D eigenvalue weighted by Crippen LogP contribution is 2.35. The third-order valence-corrected chi connectivity index (χ3v) is 2.83. The second-order valence-corrected chi connectivity index (χ2v) is 3.81. The first kappa shape index (κ1) is 9.40. The molecular formula is C10H15N3O. The molecule has 0 aliphatic heterocycles. The van der Waals surface area contributed by atoms with Crippen LogP contribution in [-0.4, -0.2) is 17.1 Å². The minimum atomic E-state index is -0.276. The SMILES string of the molecule is COc1cncc(C2(N)CCCC2)n1. The van der Waals surface area contributed by atoms with Gasteiger partial charge in [0.05, 0.1) is 30.7 Å². The first-order valence-corrected chi connectivity index (χ1v) is 4.90.